The van der Waals surface area contributed by atoms with E-state index < -0.39 is 0 Å². The van der Waals surface area contributed by atoms with Crippen LogP contribution in [0.3, 0.4) is 0 Å². The molecule has 0 bridgehead atoms. The van der Waals surface area contributed by atoms with Crippen LogP contribution >= 0.6 is 11.6 Å². The average Bonchev–Trinajstić information content (AvgIpc) is 2.73. The van der Waals surface area contributed by atoms with Crippen LogP contribution in [0.2, 0.25) is 5.02 Å². The highest BCUT2D eigenvalue weighted by Gasteiger charge is 2.13. The van der Waals surface area contributed by atoms with E-state index in [1.807, 2.05) is 24.3 Å². The summed E-state index contributed by atoms with van der Waals surface area (Å²) >= 11 is 5.95. The summed E-state index contributed by atoms with van der Waals surface area (Å²) in [5, 5.41) is 3.43. The van der Waals surface area contributed by atoms with Crippen LogP contribution in [0.5, 0.6) is 11.5 Å². The van der Waals surface area contributed by atoms with Crippen LogP contribution in [0.4, 0.5) is 0 Å². The third-order valence-corrected chi connectivity index (χ3v) is 4.77. The second kappa shape index (κ2) is 10.3. The number of nitrogens with one attached hydrogen (secondary N) is 1. The predicted octanol–water partition coefficient (Wildman–Crippen LogP) is 2.99. The van der Waals surface area contributed by atoms with Gasteiger partial charge in [-0.05, 0) is 35.9 Å². The highest BCUT2D eigenvalue weighted by Crippen LogP contribution is 2.23. The number of nitrogens with zero attached hydrogens (tertiary/aromatic N) is 1. The van der Waals surface area contributed by atoms with Crippen LogP contribution in [0, 0.1) is 0 Å². The highest BCUT2D eigenvalue weighted by molar-refractivity contribution is 6.30. The molecule has 2 aromatic rings. The van der Waals surface area contributed by atoms with Gasteiger partial charge >= 0.3 is 0 Å². The number of amides is 1. The summed E-state index contributed by atoms with van der Waals surface area (Å²) in [4.78, 5) is 14.8. The summed E-state index contributed by atoms with van der Waals surface area (Å²) in [5.74, 6) is 1.03. The molecule has 1 N–H and O–H groups in total. The molecule has 1 heterocycles. The van der Waals surface area contributed by atoms with E-state index in [0.29, 0.717) is 29.5 Å². The van der Waals surface area contributed by atoms with Crippen LogP contribution in [0.15, 0.2) is 42.5 Å². The molecule has 0 radical (unpaired) electrons. The molecule has 0 unspecified atom stereocenters. The molecule has 0 aromatic heterocycles. The maximum absolute atomic E-state index is 12.5. The lowest BCUT2D eigenvalue weighted by atomic mass is 10.1. The fraction of sp³-hybridized carbons (Fsp3) is 0.381. The van der Waals surface area contributed by atoms with Crippen molar-refractivity contribution in [1.82, 2.24) is 10.2 Å². The zero-order chi connectivity index (χ0) is 19.8. The van der Waals surface area contributed by atoms with Gasteiger partial charge in [-0.3, -0.25) is 9.69 Å². The second-order valence-corrected chi connectivity index (χ2v) is 6.91. The summed E-state index contributed by atoms with van der Waals surface area (Å²) in [6.07, 6.45) is 0. The molecule has 0 saturated carbocycles. The van der Waals surface area contributed by atoms with Gasteiger partial charge in [0.05, 0.1) is 25.9 Å². The molecule has 150 valence electrons. The smallest absolute Gasteiger partial charge is 0.255 e. The maximum atomic E-state index is 12.5. The first-order valence-corrected chi connectivity index (χ1v) is 9.67. The SMILES string of the molecule is COc1cc(Cl)ccc1C(=O)NCc1cccc(OCCN2CCOCC2)c1. The first-order valence-electron chi connectivity index (χ1n) is 9.29. The number of benzene rings is 2. The Kier molecular flexibility index (Phi) is 7.54. The van der Waals surface area contributed by atoms with Crippen LogP contribution in [0.1, 0.15) is 15.9 Å². The number of morpholine rings is 1. The lowest BCUT2D eigenvalue weighted by molar-refractivity contribution is 0.0322. The molecule has 1 aliphatic rings. The van der Waals surface area contributed by atoms with Gasteiger partial charge in [0.15, 0.2) is 0 Å². The topological polar surface area (TPSA) is 60.0 Å². The largest absolute Gasteiger partial charge is 0.496 e. The number of carbonyl (C=O) groups is 1. The number of carbonyl (C=O) groups excluding carboxylic acids is 1. The van der Waals surface area contributed by atoms with Crippen molar-refractivity contribution in [2.75, 3.05) is 46.6 Å². The molecule has 1 fully saturated rings. The monoisotopic (exact) mass is 404 g/mol. The second-order valence-electron chi connectivity index (χ2n) is 6.48. The van der Waals surface area contributed by atoms with E-state index in [4.69, 9.17) is 25.8 Å². The Morgan fingerprint density at radius 2 is 2.04 bits per heavy atom. The van der Waals surface area contributed by atoms with Crippen LogP contribution < -0.4 is 14.8 Å². The van der Waals surface area contributed by atoms with Crippen LogP contribution in [0.25, 0.3) is 0 Å². The predicted molar refractivity (Wildman–Crippen MR) is 108 cm³/mol. The van der Waals surface area contributed by atoms with Gasteiger partial charge < -0.3 is 19.5 Å². The van der Waals surface area contributed by atoms with E-state index in [1.54, 1.807) is 18.2 Å². The average molecular weight is 405 g/mol. The van der Waals surface area contributed by atoms with Crippen LogP contribution in [-0.2, 0) is 11.3 Å². The number of ether oxygens (including phenoxy) is 3. The standard InChI is InChI=1S/C21H25ClN2O4/c1-26-20-14-17(22)5-6-19(20)21(25)23-15-16-3-2-4-18(13-16)28-12-9-24-7-10-27-11-8-24/h2-6,13-14H,7-12,15H2,1H3,(H,23,25). The molecule has 0 aliphatic carbocycles. The summed E-state index contributed by atoms with van der Waals surface area (Å²) in [7, 11) is 1.51. The number of methoxy groups -OCH3 is 1. The summed E-state index contributed by atoms with van der Waals surface area (Å²) in [6, 6.07) is 12.7. The Morgan fingerprint density at radius 1 is 1.21 bits per heavy atom. The van der Waals surface area contributed by atoms with E-state index in [9.17, 15) is 4.79 Å². The third kappa shape index (κ3) is 5.86. The number of rotatable bonds is 8. The first kappa shape index (κ1) is 20.5. The highest BCUT2D eigenvalue weighted by atomic mass is 35.5. The Bertz CT molecular complexity index is 794. The molecule has 7 heteroatoms. The van der Waals surface area contributed by atoms with Gasteiger partial charge in [-0.15, -0.1) is 0 Å². The van der Waals surface area contributed by atoms with Crippen molar-refractivity contribution in [2.45, 2.75) is 6.54 Å². The molecule has 0 spiro atoms. The molecular weight excluding hydrogens is 380 g/mol. The first-order chi connectivity index (χ1) is 13.7. The molecule has 3 rings (SSSR count). The minimum Gasteiger partial charge on any atom is -0.496 e. The van der Waals surface area contributed by atoms with Gasteiger partial charge in [-0.2, -0.15) is 0 Å². The fourth-order valence-electron chi connectivity index (χ4n) is 2.99. The molecule has 1 saturated heterocycles. The maximum Gasteiger partial charge on any atom is 0.255 e. The van der Waals surface area contributed by atoms with Gasteiger partial charge in [0.1, 0.15) is 18.1 Å². The minimum atomic E-state index is -0.216. The van der Waals surface area contributed by atoms with Crippen molar-refractivity contribution >= 4 is 17.5 Å². The molecule has 1 amide bonds. The van der Waals surface area contributed by atoms with E-state index in [0.717, 1.165) is 44.2 Å². The zero-order valence-electron chi connectivity index (χ0n) is 15.9. The quantitative estimate of drug-likeness (QED) is 0.733. The lowest BCUT2D eigenvalue weighted by Crippen LogP contribution is -2.38. The third-order valence-electron chi connectivity index (χ3n) is 4.54. The Balaban J connectivity index is 1.50. The summed E-state index contributed by atoms with van der Waals surface area (Å²) in [6.45, 7) is 5.36. The van der Waals surface area contributed by atoms with Crippen molar-refractivity contribution in [3.8, 4) is 11.5 Å². The van der Waals surface area contributed by atoms with Crippen LogP contribution in [-0.4, -0.2) is 57.4 Å². The van der Waals surface area contributed by atoms with E-state index in [2.05, 4.69) is 10.2 Å². The number of hydrogen-bond acceptors (Lipinski definition) is 5. The molecule has 0 atom stereocenters. The molecule has 1 aliphatic heterocycles. The molecular formula is C21H25ClN2O4. The van der Waals surface area contributed by atoms with E-state index in [1.165, 1.54) is 7.11 Å². The molecule has 6 nitrogen and oxygen atoms in total. The zero-order valence-corrected chi connectivity index (χ0v) is 16.7. The van der Waals surface area contributed by atoms with Gasteiger partial charge in [0.25, 0.3) is 5.91 Å². The Labute approximate surface area is 170 Å². The van der Waals surface area contributed by atoms with Crippen molar-refractivity contribution in [3.63, 3.8) is 0 Å². The van der Waals surface area contributed by atoms with Gasteiger partial charge in [0, 0.05) is 31.2 Å². The van der Waals surface area contributed by atoms with Crippen molar-refractivity contribution in [2.24, 2.45) is 0 Å². The van der Waals surface area contributed by atoms with Gasteiger partial charge in [-0.25, -0.2) is 0 Å². The van der Waals surface area contributed by atoms with E-state index >= 15 is 0 Å². The molecule has 2 aromatic carbocycles. The van der Waals surface area contributed by atoms with Gasteiger partial charge in [0.2, 0.25) is 0 Å². The Hall–Kier alpha value is -2.28. The molecule has 28 heavy (non-hydrogen) atoms. The fourth-order valence-corrected chi connectivity index (χ4v) is 3.15. The lowest BCUT2D eigenvalue weighted by Gasteiger charge is -2.26. The Morgan fingerprint density at radius 3 is 2.82 bits per heavy atom. The summed E-state index contributed by atoms with van der Waals surface area (Å²) < 4.78 is 16.4. The van der Waals surface area contributed by atoms with Crippen molar-refractivity contribution < 1.29 is 19.0 Å². The number of halogens is 1. The van der Waals surface area contributed by atoms with Crippen molar-refractivity contribution in [1.29, 1.82) is 0 Å². The number of hydrogen-bond donors (Lipinski definition) is 1. The van der Waals surface area contributed by atoms with Gasteiger partial charge in [-0.1, -0.05) is 23.7 Å². The van der Waals surface area contributed by atoms with E-state index in [-0.39, 0.29) is 5.91 Å². The normalized spacial score (nSPS) is 14.5. The minimum absolute atomic E-state index is 0.216. The summed E-state index contributed by atoms with van der Waals surface area (Å²) in [5.41, 5.74) is 1.41. The van der Waals surface area contributed by atoms with Crippen molar-refractivity contribution in [3.05, 3.63) is 58.6 Å².